The van der Waals surface area contributed by atoms with Crippen LogP contribution in [0.2, 0.25) is 0 Å². The molecule has 19 heavy (non-hydrogen) atoms. The van der Waals surface area contributed by atoms with Crippen molar-refractivity contribution in [3.8, 4) is 5.75 Å². The van der Waals surface area contributed by atoms with Crippen molar-refractivity contribution in [2.45, 2.75) is 17.9 Å². The van der Waals surface area contributed by atoms with Gasteiger partial charge in [0.2, 0.25) is 0 Å². The number of benzene rings is 1. The van der Waals surface area contributed by atoms with Crippen LogP contribution in [-0.2, 0) is 13.6 Å². The highest BCUT2D eigenvalue weighted by Crippen LogP contribution is 2.19. The van der Waals surface area contributed by atoms with Crippen LogP contribution < -0.4 is 10.5 Å². The van der Waals surface area contributed by atoms with E-state index in [0.29, 0.717) is 13.2 Å². The molecule has 2 N–H and O–H groups in total. The fourth-order valence-corrected chi connectivity index (χ4v) is 2.56. The fourth-order valence-electron chi connectivity index (χ4n) is 1.72. The molecule has 0 spiro atoms. The molecule has 2 rings (SSSR count). The van der Waals surface area contributed by atoms with Crippen LogP contribution in [0.25, 0.3) is 0 Å². The SMILES string of the molecule is Cn1cc(SCCCOc2ccccc2CN)cn1. The molecule has 1 heterocycles. The van der Waals surface area contributed by atoms with E-state index in [1.54, 1.807) is 11.8 Å². The molecule has 4 nitrogen and oxygen atoms in total. The van der Waals surface area contributed by atoms with E-state index in [2.05, 4.69) is 5.10 Å². The Balaban J connectivity index is 1.69. The van der Waals surface area contributed by atoms with E-state index in [1.807, 2.05) is 48.4 Å². The standard InChI is InChI=1S/C14H19N3OS/c1-17-11-13(10-16-17)19-8-4-7-18-14-6-3-2-5-12(14)9-15/h2-3,5-6,10-11H,4,7-9,15H2,1H3. The Morgan fingerprint density at radius 1 is 1.37 bits per heavy atom. The van der Waals surface area contributed by atoms with Crippen molar-refractivity contribution >= 4 is 11.8 Å². The molecule has 0 bridgehead atoms. The van der Waals surface area contributed by atoms with Crippen LogP contribution in [0.4, 0.5) is 0 Å². The maximum Gasteiger partial charge on any atom is 0.123 e. The minimum atomic E-state index is 0.514. The van der Waals surface area contributed by atoms with Crippen LogP contribution in [0.3, 0.4) is 0 Å². The van der Waals surface area contributed by atoms with E-state index in [9.17, 15) is 0 Å². The molecule has 2 aromatic rings. The number of aromatic nitrogens is 2. The topological polar surface area (TPSA) is 53.1 Å². The van der Waals surface area contributed by atoms with Crippen molar-refractivity contribution in [3.63, 3.8) is 0 Å². The molecule has 1 aromatic carbocycles. The van der Waals surface area contributed by atoms with Crippen LogP contribution >= 0.6 is 11.8 Å². The Labute approximate surface area is 117 Å². The molecule has 0 atom stereocenters. The molecule has 0 amide bonds. The quantitative estimate of drug-likeness (QED) is 0.624. The third-order valence-corrected chi connectivity index (χ3v) is 3.73. The molecular weight excluding hydrogens is 258 g/mol. The number of nitrogens with zero attached hydrogens (tertiary/aromatic N) is 2. The molecule has 0 fully saturated rings. The van der Waals surface area contributed by atoms with Crippen molar-refractivity contribution < 1.29 is 4.74 Å². The summed E-state index contributed by atoms with van der Waals surface area (Å²) in [6.45, 7) is 1.23. The van der Waals surface area contributed by atoms with Crippen molar-refractivity contribution in [1.82, 2.24) is 9.78 Å². The first kappa shape index (κ1) is 14.0. The molecule has 0 saturated carbocycles. The molecule has 0 aliphatic rings. The summed E-state index contributed by atoms with van der Waals surface area (Å²) in [6.07, 6.45) is 4.91. The summed E-state index contributed by atoms with van der Waals surface area (Å²) in [4.78, 5) is 1.20. The van der Waals surface area contributed by atoms with Crippen molar-refractivity contribution in [1.29, 1.82) is 0 Å². The second-order valence-corrected chi connectivity index (χ2v) is 5.38. The first-order chi connectivity index (χ1) is 9.29. The maximum absolute atomic E-state index is 5.76. The van der Waals surface area contributed by atoms with Gasteiger partial charge < -0.3 is 10.5 Å². The van der Waals surface area contributed by atoms with Gasteiger partial charge in [-0.2, -0.15) is 5.10 Å². The number of hydrogen-bond donors (Lipinski definition) is 1. The van der Waals surface area contributed by atoms with E-state index in [0.717, 1.165) is 23.5 Å². The molecule has 0 aliphatic heterocycles. The largest absolute Gasteiger partial charge is 0.493 e. The Bertz CT molecular complexity index is 513. The number of hydrogen-bond acceptors (Lipinski definition) is 4. The van der Waals surface area contributed by atoms with Gasteiger partial charge >= 0.3 is 0 Å². The normalized spacial score (nSPS) is 10.6. The average molecular weight is 277 g/mol. The maximum atomic E-state index is 5.76. The summed E-state index contributed by atoms with van der Waals surface area (Å²) in [6, 6.07) is 7.92. The lowest BCUT2D eigenvalue weighted by molar-refractivity contribution is 0.315. The van der Waals surface area contributed by atoms with Crippen LogP contribution in [0, 0.1) is 0 Å². The monoisotopic (exact) mass is 277 g/mol. The zero-order chi connectivity index (χ0) is 13.5. The molecule has 0 unspecified atom stereocenters. The number of aryl methyl sites for hydroxylation is 1. The molecule has 0 radical (unpaired) electrons. The summed E-state index contributed by atoms with van der Waals surface area (Å²) in [5.74, 6) is 1.92. The second-order valence-electron chi connectivity index (χ2n) is 4.21. The lowest BCUT2D eigenvalue weighted by Crippen LogP contribution is -2.04. The molecule has 0 aliphatic carbocycles. The van der Waals surface area contributed by atoms with E-state index < -0.39 is 0 Å². The summed E-state index contributed by atoms with van der Waals surface area (Å²) in [7, 11) is 1.93. The van der Waals surface area contributed by atoms with Crippen LogP contribution in [0.5, 0.6) is 5.75 Å². The number of para-hydroxylation sites is 1. The number of nitrogens with two attached hydrogens (primary N) is 1. The first-order valence-corrected chi connectivity index (χ1v) is 7.30. The lowest BCUT2D eigenvalue weighted by atomic mass is 10.2. The smallest absolute Gasteiger partial charge is 0.123 e. The number of rotatable bonds is 7. The second kappa shape index (κ2) is 7.21. The van der Waals surface area contributed by atoms with Crippen molar-refractivity contribution in [3.05, 3.63) is 42.2 Å². The zero-order valence-electron chi connectivity index (χ0n) is 11.1. The van der Waals surface area contributed by atoms with Gasteiger partial charge in [0.15, 0.2) is 0 Å². The van der Waals surface area contributed by atoms with Gasteiger partial charge in [-0.05, 0) is 12.5 Å². The van der Waals surface area contributed by atoms with Gasteiger partial charge in [-0.3, -0.25) is 4.68 Å². The highest BCUT2D eigenvalue weighted by molar-refractivity contribution is 7.99. The van der Waals surface area contributed by atoms with Gasteiger partial charge in [-0.1, -0.05) is 18.2 Å². The summed E-state index contributed by atoms with van der Waals surface area (Å²) in [5.41, 5.74) is 6.72. The molecule has 1 aromatic heterocycles. The Hall–Kier alpha value is -1.46. The number of thioether (sulfide) groups is 1. The first-order valence-electron chi connectivity index (χ1n) is 6.32. The van der Waals surface area contributed by atoms with Crippen molar-refractivity contribution in [2.24, 2.45) is 12.8 Å². The van der Waals surface area contributed by atoms with E-state index in [4.69, 9.17) is 10.5 Å². The lowest BCUT2D eigenvalue weighted by Gasteiger charge is -2.09. The third-order valence-electron chi connectivity index (χ3n) is 2.69. The van der Waals surface area contributed by atoms with Crippen LogP contribution in [-0.4, -0.2) is 22.1 Å². The van der Waals surface area contributed by atoms with Gasteiger partial charge in [0.25, 0.3) is 0 Å². The molecule has 102 valence electrons. The summed E-state index contributed by atoms with van der Waals surface area (Å²) >= 11 is 1.80. The molecule has 0 saturated heterocycles. The average Bonchev–Trinajstić information content (AvgIpc) is 2.84. The van der Waals surface area contributed by atoms with Gasteiger partial charge in [0.1, 0.15) is 5.75 Å². The Kier molecular flexibility index (Phi) is 5.30. The van der Waals surface area contributed by atoms with Gasteiger partial charge in [0, 0.05) is 36.0 Å². The molecule has 5 heteroatoms. The van der Waals surface area contributed by atoms with Gasteiger partial charge in [-0.25, -0.2) is 0 Å². The van der Waals surface area contributed by atoms with Crippen molar-refractivity contribution in [2.75, 3.05) is 12.4 Å². The van der Waals surface area contributed by atoms with E-state index >= 15 is 0 Å². The van der Waals surface area contributed by atoms with Crippen LogP contribution in [0.1, 0.15) is 12.0 Å². The Morgan fingerprint density at radius 2 is 2.21 bits per heavy atom. The molecular formula is C14H19N3OS. The minimum absolute atomic E-state index is 0.514. The zero-order valence-corrected chi connectivity index (χ0v) is 11.9. The highest BCUT2D eigenvalue weighted by Gasteiger charge is 2.01. The van der Waals surface area contributed by atoms with Gasteiger partial charge in [-0.15, -0.1) is 11.8 Å². The predicted molar refractivity (Wildman–Crippen MR) is 78.4 cm³/mol. The predicted octanol–water partition coefficient (Wildman–Crippen LogP) is 2.44. The van der Waals surface area contributed by atoms with Gasteiger partial charge in [0.05, 0.1) is 12.8 Å². The van der Waals surface area contributed by atoms with Crippen LogP contribution in [0.15, 0.2) is 41.6 Å². The summed E-state index contributed by atoms with van der Waals surface area (Å²) < 4.78 is 7.57. The Morgan fingerprint density at radius 3 is 2.95 bits per heavy atom. The third kappa shape index (κ3) is 4.29. The fraction of sp³-hybridized carbons (Fsp3) is 0.357. The minimum Gasteiger partial charge on any atom is -0.493 e. The van der Waals surface area contributed by atoms with E-state index in [1.165, 1.54) is 4.90 Å². The van der Waals surface area contributed by atoms with E-state index in [-0.39, 0.29) is 0 Å². The highest BCUT2D eigenvalue weighted by atomic mass is 32.2. The number of ether oxygens (including phenoxy) is 1. The summed E-state index contributed by atoms with van der Waals surface area (Å²) in [5, 5.41) is 4.14.